The number of para-hydroxylation sites is 1. The molecule has 0 saturated heterocycles. The number of halogens is 3. The van der Waals surface area contributed by atoms with Crippen molar-refractivity contribution in [3.8, 4) is 17.1 Å². The predicted molar refractivity (Wildman–Crippen MR) is 96.4 cm³/mol. The summed E-state index contributed by atoms with van der Waals surface area (Å²) in [6.07, 6.45) is -4.81. The number of rotatable bonds is 6. The van der Waals surface area contributed by atoms with E-state index in [-0.39, 0.29) is 28.5 Å². The van der Waals surface area contributed by atoms with Crippen molar-refractivity contribution < 1.29 is 26.3 Å². The van der Waals surface area contributed by atoms with Gasteiger partial charge in [-0.15, -0.1) is 23.4 Å². The fourth-order valence-corrected chi connectivity index (χ4v) is 3.43. The highest BCUT2D eigenvalue weighted by molar-refractivity contribution is 7.89. The molecule has 1 N–H and O–H groups in total. The first-order valence-electron chi connectivity index (χ1n) is 8.23. The molecule has 154 valence electrons. The average Bonchev–Trinajstić information content (AvgIpc) is 3.08. The Morgan fingerprint density at radius 2 is 1.86 bits per heavy atom. The molecule has 0 fully saturated rings. The standard InChI is InChI=1S/C17H16F3N5O3S/c1-21-29(26,27)13-8-7-11(14(10-13)16-22-24-25(2)23-16)9-12-5-3-4-6-15(12)28-17(18,19)20/h3-8,10,21H,9H2,1-2H3. The zero-order valence-corrected chi connectivity index (χ0v) is 16.1. The van der Waals surface area contributed by atoms with Crippen molar-refractivity contribution in [1.82, 2.24) is 24.9 Å². The third-order valence-electron chi connectivity index (χ3n) is 3.99. The monoisotopic (exact) mass is 427 g/mol. The number of aromatic nitrogens is 4. The van der Waals surface area contributed by atoms with Gasteiger partial charge in [0.1, 0.15) is 5.75 Å². The van der Waals surface area contributed by atoms with Gasteiger partial charge in [0.25, 0.3) is 0 Å². The summed E-state index contributed by atoms with van der Waals surface area (Å²) in [5.74, 6) is -0.199. The number of nitrogens with zero attached hydrogens (tertiary/aromatic N) is 4. The molecular weight excluding hydrogens is 411 g/mol. The van der Waals surface area contributed by atoms with Crippen molar-refractivity contribution in [2.24, 2.45) is 7.05 Å². The lowest BCUT2D eigenvalue weighted by molar-refractivity contribution is -0.274. The molecule has 0 aliphatic carbocycles. The summed E-state index contributed by atoms with van der Waals surface area (Å²) in [4.78, 5) is 1.16. The van der Waals surface area contributed by atoms with Crippen LogP contribution in [-0.4, -0.2) is 42.0 Å². The van der Waals surface area contributed by atoms with Crippen molar-refractivity contribution in [2.75, 3.05) is 7.05 Å². The Labute approximate surface area is 164 Å². The number of hydrogen-bond acceptors (Lipinski definition) is 6. The lowest BCUT2D eigenvalue weighted by atomic mass is 9.99. The highest BCUT2D eigenvalue weighted by Gasteiger charge is 2.32. The fourth-order valence-electron chi connectivity index (χ4n) is 2.67. The number of hydrogen-bond donors (Lipinski definition) is 1. The lowest BCUT2D eigenvalue weighted by Gasteiger charge is -2.15. The first-order valence-corrected chi connectivity index (χ1v) is 9.72. The fraction of sp³-hybridized carbons (Fsp3) is 0.235. The Bertz CT molecular complexity index is 1130. The molecule has 0 unspecified atom stereocenters. The molecule has 8 nitrogen and oxygen atoms in total. The summed E-state index contributed by atoms with van der Waals surface area (Å²) >= 11 is 0. The van der Waals surface area contributed by atoms with E-state index in [0.717, 1.165) is 0 Å². The second kappa shape index (κ2) is 7.79. The average molecular weight is 427 g/mol. The van der Waals surface area contributed by atoms with Gasteiger partial charge in [0.2, 0.25) is 15.8 Å². The number of tetrazole rings is 1. The van der Waals surface area contributed by atoms with E-state index in [1.165, 1.54) is 55.3 Å². The summed E-state index contributed by atoms with van der Waals surface area (Å²) in [6, 6.07) is 9.92. The number of aryl methyl sites for hydroxylation is 1. The summed E-state index contributed by atoms with van der Waals surface area (Å²) in [7, 11) is -0.939. The van der Waals surface area contributed by atoms with Crippen molar-refractivity contribution >= 4 is 10.0 Å². The van der Waals surface area contributed by atoms with Crippen LogP contribution in [0.3, 0.4) is 0 Å². The minimum Gasteiger partial charge on any atom is -0.405 e. The van der Waals surface area contributed by atoms with Crippen LogP contribution >= 0.6 is 0 Å². The van der Waals surface area contributed by atoms with Crippen molar-refractivity contribution in [2.45, 2.75) is 17.7 Å². The minimum atomic E-state index is -4.84. The summed E-state index contributed by atoms with van der Waals surface area (Å²) in [5.41, 5.74) is 1.10. The van der Waals surface area contributed by atoms with E-state index in [1.807, 2.05) is 0 Å². The van der Waals surface area contributed by atoms with Gasteiger partial charge in [-0.3, -0.25) is 0 Å². The van der Waals surface area contributed by atoms with Gasteiger partial charge in [-0.05, 0) is 41.6 Å². The van der Waals surface area contributed by atoms with E-state index in [4.69, 9.17) is 0 Å². The normalized spacial score (nSPS) is 12.2. The van der Waals surface area contributed by atoms with Gasteiger partial charge in [-0.25, -0.2) is 13.1 Å². The van der Waals surface area contributed by atoms with Crippen LogP contribution in [0.2, 0.25) is 0 Å². The molecule has 1 heterocycles. The highest BCUT2D eigenvalue weighted by atomic mass is 32.2. The number of sulfonamides is 1. The van der Waals surface area contributed by atoms with Crippen LogP contribution in [0.5, 0.6) is 5.75 Å². The topological polar surface area (TPSA) is 99.0 Å². The molecule has 0 aliphatic heterocycles. The molecular formula is C17H16F3N5O3S. The molecule has 3 aromatic rings. The third kappa shape index (κ3) is 4.90. The quantitative estimate of drug-likeness (QED) is 0.648. The van der Waals surface area contributed by atoms with E-state index < -0.39 is 16.4 Å². The molecule has 0 amide bonds. The van der Waals surface area contributed by atoms with Crippen LogP contribution in [0.15, 0.2) is 47.4 Å². The van der Waals surface area contributed by atoms with Crippen molar-refractivity contribution in [1.29, 1.82) is 0 Å². The van der Waals surface area contributed by atoms with Gasteiger partial charge >= 0.3 is 6.36 Å². The first-order chi connectivity index (χ1) is 13.6. The Balaban J connectivity index is 2.09. The largest absolute Gasteiger partial charge is 0.573 e. The van der Waals surface area contributed by atoms with Gasteiger partial charge in [-0.1, -0.05) is 24.3 Å². The molecule has 0 radical (unpaired) electrons. The zero-order chi connectivity index (χ0) is 21.2. The van der Waals surface area contributed by atoms with E-state index in [1.54, 1.807) is 6.07 Å². The molecule has 0 bridgehead atoms. The van der Waals surface area contributed by atoms with E-state index in [2.05, 4.69) is 24.9 Å². The summed E-state index contributed by atoms with van der Waals surface area (Å²) in [5, 5.41) is 11.7. The Hall–Kier alpha value is -2.99. The highest BCUT2D eigenvalue weighted by Crippen LogP contribution is 2.31. The maximum Gasteiger partial charge on any atom is 0.573 e. The Kier molecular flexibility index (Phi) is 5.57. The van der Waals surface area contributed by atoms with Crippen molar-refractivity contribution in [3.05, 3.63) is 53.6 Å². The minimum absolute atomic E-state index is 0.0275. The van der Waals surface area contributed by atoms with Gasteiger partial charge in [0.15, 0.2) is 0 Å². The Morgan fingerprint density at radius 3 is 2.48 bits per heavy atom. The maximum atomic E-state index is 12.7. The van der Waals surface area contributed by atoms with Crippen molar-refractivity contribution in [3.63, 3.8) is 0 Å². The van der Waals surface area contributed by atoms with Gasteiger partial charge in [0, 0.05) is 12.0 Å². The number of nitrogens with one attached hydrogen (secondary N) is 1. The summed E-state index contributed by atoms with van der Waals surface area (Å²) in [6.45, 7) is 0. The Morgan fingerprint density at radius 1 is 1.14 bits per heavy atom. The SMILES string of the molecule is CNS(=O)(=O)c1ccc(Cc2ccccc2OC(F)(F)F)c(-c2nnn(C)n2)c1. The molecule has 1 aromatic heterocycles. The molecule has 3 rings (SSSR count). The van der Waals surface area contributed by atoms with Crippen LogP contribution in [0.1, 0.15) is 11.1 Å². The van der Waals surface area contributed by atoms with Gasteiger partial charge in [-0.2, -0.15) is 4.80 Å². The molecule has 0 atom stereocenters. The molecule has 0 saturated carbocycles. The van der Waals surface area contributed by atoms with Crippen LogP contribution in [0.25, 0.3) is 11.4 Å². The predicted octanol–water partition coefficient (Wildman–Crippen LogP) is 2.27. The number of alkyl halides is 3. The van der Waals surface area contributed by atoms with Gasteiger partial charge in [0.05, 0.1) is 11.9 Å². The third-order valence-corrected chi connectivity index (χ3v) is 5.40. The van der Waals surface area contributed by atoms with Crippen LogP contribution in [0, 0.1) is 0 Å². The molecule has 2 aromatic carbocycles. The molecule has 29 heavy (non-hydrogen) atoms. The van der Waals surface area contributed by atoms with Crippen LogP contribution in [0.4, 0.5) is 13.2 Å². The number of benzene rings is 2. The van der Waals surface area contributed by atoms with Crippen LogP contribution < -0.4 is 9.46 Å². The van der Waals surface area contributed by atoms with E-state index in [0.29, 0.717) is 11.1 Å². The summed E-state index contributed by atoms with van der Waals surface area (Å²) < 4.78 is 68.7. The smallest absolute Gasteiger partial charge is 0.405 e. The molecule has 12 heteroatoms. The second-order valence-electron chi connectivity index (χ2n) is 5.96. The first kappa shape index (κ1) is 20.7. The molecule has 0 aliphatic rings. The van der Waals surface area contributed by atoms with Crippen LogP contribution in [-0.2, 0) is 23.5 Å². The molecule has 0 spiro atoms. The van der Waals surface area contributed by atoms with Gasteiger partial charge < -0.3 is 4.74 Å². The maximum absolute atomic E-state index is 12.7. The second-order valence-corrected chi connectivity index (χ2v) is 7.85. The van der Waals surface area contributed by atoms with E-state index >= 15 is 0 Å². The number of ether oxygens (including phenoxy) is 1. The van der Waals surface area contributed by atoms with E-state index in [9.17, 15) is 21.6 Å². The lowest BCUT2D eigenvalue weighted by Crippen LogP contribution is -2.19. The zero-order valence-electron chi connectivity index (χ0n) is 15.3.